The summed E-state index contributed by atoms with van der Waals surface area (Å²) in [7, 11) is -1.52. The molecule has 31 heavy (non-hydrogen) atoms. The summed E-state index contributed by atoms with van der Waals surface area (Å²) in [5.41, 5.74) is 1.60. The van der Waals surface area contributed by atoms with Gasteiger partial charge in [-0.2, -0.15) is 0 Å². The van der Waals surface area contributed by atoms with Crippen LogP contribution in [0.1, 0.15) is 45.1 Å². The first kappa shape index (κ1) is 21.7. The average molecular weight is 443 g/mol. The number of rotatable bonds is 2. The molecule has 4 rings (SSSR count). The van der Waals surface area contributed by atoms with Crippen LogP contribution in [0.25, 0.3) is 0 Å². The number of hydrogen-bond donors (Lipinski definition) is 0. The highest BCUT2D eigenvalue weighted by molar-refractivity contribution is 7.91. The van der Waals surface area contributed by atoms with Crippen molar-refractivity contribution in [3.8, 4) is 0 Å². The highest BCUT2D eigenvalue weighted by Gasteiger charge is 2.40. The highest BCUT2D eigenvalue weighted by atomic mass is 32.2. The van der Waals surface area contributed by atoms with Crippen LogP contribution in [0.4, 0.5) is 10.5 Å². The number of benzene rings is 2. The lowest BCUT2D eigenvalue weighted by Crippen LogP contribution is -2.38. The maximum absolute atomic E-state index is 13.1. The lowest BCUT2D eigenvalue weighted by atomic mass is 9.91. The van der Waals surface area contributed by atoms with Gasteiger partial charge in [0.25, 0.3) is 0 Å². The molecule has 1 saturated heterocycles. The quantitative estimate of drug-likeness (QED) is 0.687. The minimum atomic E-state index is -3.57. The van der Waals surface area contributed by atoms with Gasteiger partial charge in [-0.15, -0.1) is 0 Å². The summed E-state index contributed by atoms with van der Waals surface area (Å²) in [5, 5.41) is 0. The van der Waals surface area contributed by atoms with E-state index in [-0.39, 0.29) is 18.1 Å². The molecule has 1 amide bonds. The summed E-state index contributed by atoms with van der Waals surface area (Å²) in [6.07, 6.45) is 1.31. The molecule has 166 valence electrons. The van der Waals surface area contributed by atoms with Crippen LogP contribution < -0.4 is 4.90 Å². The molecule has 2 aliphatic rings. The molecule has 2 atom stereocenters. The second-order valence-corrected chi connectivity index (χ2v) is 11.3. The molecule has 0 radical (unpaired) electrons. The zero-order valence-corrected chi connectivity index (χ0v) is 19.4. The zero-order valence-electron chi connectivity index (χ0n) is 18.5. The summed E-state index contributed by atoms with van der Waals surface area (Å²) in [5.74, 6) is 0.179. The van der Waals surface area contributed by atoms with Crippen molar-refractivity contribution < 1.29 is 17.9 Å². The van der Waals surface area contributed by atoms with E-state index >= 15 is 0 Å². The van der Waals surface area contributed by atoms with E-state index in [9.17, 15) is 13.2 Å². The van der Waals surface area contributed by atoms with Gasteiger partial charge in [0.05, 0.1) is 9.79 Å². The first-order chi connectivity index (χ1) is 14.6. The number of sulfone groups is 1. The number of carbonyl (C=O) groups is 1. The third-order valence-electron chi connectivity index (χ3n) is 6.16. The van der Waals surface area contributed by atoms with Crippen LogP contribution in [-0.4, -0.2) is 51.2 Å². The Labute approximate surface area is 184 Å². The smallest absolute Gasteiger partial charge is 0.410 e. The summed E-state index contributed by atoms with van der Waals surface area (Å²) >= 11 is 0. The Hall–Kier alpha value is -2.54. The Morgan fingerprint density at radius 1 is 1.00 bits per heavy atom. The second kappa shape index (κ2) is 7.86. The van der Waals surface area contributed by atoms with E-state index in [1.54, 1.807) is 35.2 Å². The van der Waals surface area contributed by atoms with Crippen molar-refractivity contribution in [2.45, 2.75) is 61.0 Å². The van der Waals surface area contributed by atoms with Crippen LogP contribution in [0.2, 0.25) is 0 Å². The molecule has 2 aliphatic heterocycles. The fourth-order valence-electron chi connectivity index (χ4n) is 4.66. The zero-order chi connectivity index (χ0) is 22.4. The van der Waals surface area contributed by atoms with E-state index in [0.29, 0.717) is 22.9 Å². The van der Waals surface area contributed by atoms with Gasteiger partial charge in [0, 0.05) is 37.8 Å². The van der Waals surface area contributed by atoms with Crippen molar-refractivity contribution in [2.24, 2.45) is 0 Å². The third-order valence-corrected chi connectivity index (χ3v) is 7.93. The maximum Gasteiger partial charge on any atom is 0.410 e. The number of anilines is 1. The standard InChI is InChI=1S/C24H30N2O4S/c1-24(2,3)30-23(27)26-14-12-19-20-16-18(31(28,29)17-8-6-5-7-9-17)10-11-21(20)25(4)22(19)13-15-26/h5-11,16,19,22H,12-15H2,1-4H3/t19-,22+/m0/s1. The molecular formula is C24H30N2O4S. The van der Waals surface area contributed by atoms with E-state index in [1.165, 1.54) is 0 Å². The monoisotopic (exact) mass is 442 g/mol. The van der Waals surface area contributed by atoms with Gasteiger partial charge in [0.15, 0.2) is 0 Å². The molecule has 0 N–H and O–H groups in total. The van der Waals surface area contributed by atoms with E-state index in [0.717, 1.165) is 24.1 Å². The number of nitrogens with zero attached hydrogens (tertiary/aromatic N) is 2. The molecule has 0 saturated carbocycles. The summed E-state index contributed by atoms with van der Waals surface area (Å²) < 4.78 is 31.8. The normalized spacial score (nSPS) is 21.3. The van der Waals surface area contributed by atoms with Crippen LogP contribution in [0, 0.1) is 0 Å². The first-order valence-electron chi connectivity index (χ1n) is 10.7. The SMILES string of the molecule is CN1c2ccc(S(=O)(=O)c3ccccc3)cc2[C@@H]2CCN(C(=O)OC(C)(C)C)CC[C@H]21. The Morgan fingerprint density at radius 3 is 2.35 bits per heavy atom. The van der Waals surface area contributed by atoms with Crippen molar-refractivity contribution in [2.75, 3.05) is 25.0 Å². The molecule has 2 aromatic rings. The van der Waals surface area contributed by atoms with E-state index in [4.69, 9.17) is 4.74 Å². The van der Waals surface area contributed by atoms with Crippen molar-refractivity contribution in [3.63, 3.8) is 0 Å². The molecule has 0 spiro atoms. The third kappa shape index (κ3) is 4.15. The molecular weight excluding hydrogens is 412 g/mol. The number of amides is 1. The minimum absolute atomic E-state index is 0.179. The van der Waals surface area contributed by atoms with Gasteiger partial charge in [-0.25, -0.2) is 13.2 Å². The maximum atomic E-state index is 13.1. The van der Waals surface area contributed by atoms with E-state index < -0.39 is 15.4 Å². The molecule has 6 nitrogen and oxygen atoms in total. The van der Waals surface area contributed by atoms with E-state index in [1.807, 2.05) is 39.0 Å². The molecule has 1 fully saturated rings. The molecule has 2 aromatic carbocycles. The van der Waals surface area contributed by atoms with Crippen LogP contribution in [0.5, 0.6) is 0 Å². The Kier molecular flexibility index (Phi) is 5.50. The van der Waals surface area contributed by atoms with Gasteiger partial charge in [-0.3, -0.25) is 0 Å². The number of ether oxygens (including phenoxy) is 1. The Bertz CT molecular complexity index is 1080. The fraction of sp³-hybridized carbons (Fsp3) is 0.458. The molecule has 0 aliphatic carbocycles. The van der Waals surface area contributed by atoms with Gasteiger partial charge < -0.3 is 14.5 Å². The lowest BCUT2D eigenvalue weighted by molar-refractivity contribution is 0.0255. The van der Waals surface area contributed by atoms with Gasteiger partial charge in [0.1, 0.15) is 5.60 Å². The van der Waals surface area contributed by atoms with Crippen LogP contribution in [0.15, 0.2) is 58.3 Å². The Morgan fingerprint density at radius 2 is 1.68 bits per heavy atom. The van der Waals surface area contributed by atoms with E-state index in [2.05, 4.69) is 11.9 Å². The van der Waals surface area contributed by atoms with Gasteiger partial charge >= 0.3 is 6.09 Å². The second-order valence-electron chi connectivity index (χ2n) is 9.37. The van der Waals surface area contributed by atoms with Crippen molar-refractivity contribution in [1.29, 1.82) is 0 Å². The van der Waals surface area contributed by atoms with Gasteiger partial charge in [-0.1, -0.05) is 18.2 Å². The minimum Gasteiger partial charge on any atom is -0.444 e. The summed E-state index contributed by atoms with van der Waals surface area (Å²) in [6, 6.07) is 14.2. The van der Waals surface area contributed by atoms with Crippen molar-refractivity contribution in [3.05, 3.63) is 54.1 Å². The number of carbonyl (C=O) groups excluding carboxylic acids is 1. The van der Waals surface area contributed by atoms with Gasteiger partial charge in [-0.05, 0) is 69.5 Å². The fourth-order valence-corrected chi connectivity index (χ4v) is 5.97. The highest BCUT2D eigenvalue weighted by Crippen LogP contribution is 2.45. The Balaban J connectivity index is 1.61. The topological polar surface area (TPSA) is 66.9 Å². The average Bonchev–Trinajstić information content (AvgIpc) is 2.86. The molecule has 2 heterocycles. The van der Waals surface area contributed by atoms with Crippen LogP contribution >= 0.6 is 0 Å². The lowest BCUT2D eigenvalue weighted by Gasteiger charge is -2.27. The van der Waals surface area contributed by atoms with Gasteiger partial charge in [0.2, 0.25) is 9.84 Å². The number of likely N-dealkylation sites (tertiary alicyclic amines) is 1. The van der Waals surface area contributed by atoms with Crippen molar-refractivity contribution in [1.82, 2.24) is 4.90 Å². The van der Waals surface area contributed by atoms with Crippen molar-refractivity contribution >= 4 is 21.6 Å². The molecule has 0 aromatic heterocycles. The number of hydrogen-bond acceptors (Lipinski definition) is 5. The predicted molar refractivity (Wildman–Crippen MR) is 120 cm³/mol. The van der Waals surface area contributed by atoms with Crippen LogP contribution in [-0.2, 0) is 14.6 Å². The number of fused-ring (bicyclic) bond motifs is 3. The first-order valence-corrected chi connectivity index (χ1v) is 12.2. The predicted octanol–water partition coefficient (Wildman–Crippen LogP) is 4.45. The number of likely N-dealkylation sites (N-methyl/N-ethyl adjacent to an activating group) is 1. The van der Waals surface area contributed by atoms with Crippen LogP contribution in [0.3, 0.4) is 0 Å². The molecule has 0 bridgehead atoms. The summed E-state index contributed by atoms with van der Waals surface area (Å²) in [4.78, 5) is 17.2. The molecule has 0 unspecified atom stereocenters. The largest absolute Gasteiger partial charge is 0.444 e. The molecule has 7 heteroatoms. The summed E-state index contributed by atoms with van der Waals surface area (Å²) in [6.45, 7) is 6.84.